The van der Waals surface area contributed by atoms with Crippen LogP contribution in [0.2, 0.25) is 0 Å². The van der Waals surface area contributed by atoms with Crippen LogP contribution in [-0.2, 0) is 17.5 Å². The van der Waals surface area contributed by atoms with Crippen LogP contribution in [0.15, 0.2) is 29.1 Å². The minimum atomic E-state index is -4.44. The molecule has 0 radical (unpaired) electrons. The molecule has 27 heavy (non-hydrogen) atoms. The van der Waals surface area contributed by atoms with E-state index in [1.807, 2.05) is 0 Å². The van der Waals surface area contributed by atoms with E-state index in [2.05, 4.69) is 15.1 Å². The zero-order valence-corrected chi connectivity index (χ0v) is 14.5. The standard InChI is InChI=1S/C17H17F3N4O3/c1-9-21-15-14(16(26)22-9)12(7-25)23-24(15)13(8-27-2)10-3-5-11(6-4-10)17(18,19)20/h3-6,13,25H,7-8H2,1-2H3,(H,21,22,26)/t13-/m1/s1. The Morgan fingerprint density at radius 1 is 1.30 bits per heavy atom. The average Bonchev–Trinajstić information content (AvgIpc) is 2.97. The molecule has 2 aromatic heterocycles. The Balaban J connectivity index is 2.17. The molecule has 1 atom stereocenters. The van der Waals surface area contributed by atoms with E-state index in [0.29, 0.717) is 11.4 Å². The van der Waals surface area contributed by atoms with Gasteiger partial charge in [-0.3, -0.25) is 4.79 Å². The van der Waals surface area contributed by atoms with Gasteiger partial charge in [-0.25, -0.2) is 9.67 Å². The van der Waals surface area contributed by atoms with Crippen LogP contribution in [-0.4, -0.2) is 38.6 Å². The number of fused-ring (bicyclic) bond motifs is 1. The molecule has 0 saturated heterocycles. The van der Waals surface area contributed by atoms with Crippen molar-refractivity contribution in [1.82, 2.24) is 19.7 Å². The summed E-state index contributed by atoms with van der Waals surface area (Å²) >= 11 is 0. The van der Waals surface area contributed by atoms with Gasteiger partial charge >= 0.3 is 6.18 Å². The zero-order valence-electron chi connectivity index (χ0n) is 14.5. The Labute approximate surface area is 151 Å². The largest absolute Gasteiger partial charge is 0.416 e. The Morgan fingerprint density at radius 2 is 1.96 bits per heavy atom. The van der Waals surface area contributed by atoms with Crippen molar-refractivity contribution in [2.75, 3.05) is 13.7 Å². The topological polar surface area (TPSA) is 93.0 Å². The third kappa shape index (κ3) is 3.58. The first-order valence-corrected chi connectivity index (χ1v) is 8.01. The summed E-state index contributed by atoms with van der Waals surface area (Å²) in [5.74, 6) is 0.349. The van der Waals surface area contributed by atoms with Crippen molar-refractivity contribution in [3.63, 3.8) is 0 Å². The van der Waals surface area contributed by atoms with Crippen molar-refractivity contribution >= 4 is 11.0 Å². The summed E-state index contributed by atoms with van der Waals surface area (Å²) in [7, 11) is 1.45. The number of aromatic nitrogens is 4. The molecule has 0 aliphatic rings. The molecule has 10 heteroatoms. The van der Waals surface area contributed by atoms with Crippen LogP contribution in [0.3, 0.4) is 0 Å². The van der Waals surface area contributed by atoms with Crippen LogP contribution < -0.4 is 5.56 Å². The molecular weight excluding hydrogens is 365 g/mol. The number of nitrogens with one attached hydrogen (secondary N) is 1. The molecule has 0 unspecified atom stereocenters. The maximum Gasteiger partial charge on any atom is 0.416 e. The molecule has 0 aliphatic heterocycles. The fraction of sp³-hybridized carbons (Fsp3) is 0.353. The smallest absolute Gasteiger partial charge is 0.390 e. The van der Waals surface area contributed by atoms with E-state index in [9.17, 15) is 23.1 Å². The number of ether oxygens (including phenoxy) is 1. The number of benzene rings is 1. The minimum Gasteiger partial charge on any atom is -0.390 e. The molecule has 2 heterocycles. The highest BCUT2D eigenvalue weighted by Gasteiger charge is 2.31. The number of aryl methyl sites for hydroxylation is 1. The molecule has 0 aliphatic carbocycles. The van der Waals surface area contributed by atoms with E-state index in [0.717, 1.165) is 12.1 Å². The van der Waals surface area contributed by atoms with Crippen molar-refractivity contribution < 1.29 is 23.0 Å². The Kier molecular flexibility index (Phi) is 5.03. The maximum absolute atomic E-state index is 12.8. The highest BCUT2D eigenvalue weighted by atomic mass is 19.4. The Hall–Kier alpha value is -2.72. The van der Waals surface area contributed by atoms with Crippen molar-refractivity contribution in [3.8, 4) is 0 Å². The predicted octanol–water partition coefficient (Wildman–Crippen LogP) is 2.17. The van der Waals surface area contributed by atoms with Gasteiger partial charge in [-0.05, 0) is 24.6 Å². The number of rotatable bonds is 5. The van der Waals surface area contributed by atoms with Gasteiger partial charge in [0.15, 0.2) is 5.65 Å². The van der Waals surface area contributed by atoms with Gasteiger partial charge in [0.05, 0.1) is 18.8 Å². The quantitative estimate of drug-likeness (QED) is 0.706. The van der Waals surface area contributed by atoms with E-state index in [-0.39, 0.29) is 23.3 Å². The monoisotopic (exact) mass is 382 g/mol. The third-order valence-corrected chi connectivity index (χ3v) is 4.15. The van der Waals surface area contributed by atoms with Gasteiger partial charge in [0.2, 0.25) is 0 Å². The molecule has 3 aromatic rings. The first-order chi connectivity index (χ1) is 12.8. The molecule has 0 fully saturated rings. The van der Waals surface area contributed by atoms with Gasteiger partial charge in [0.25, 0.3) is 5.56 Å². The summed E-state index contributed by atoms with van der Waals surface area (Å²) in [5.41, 5.74) is -0.363. The second-order valence-electron chi connectivity index (χ2n) is 5.99. The van der Waals surface area contributed by atoms with Gasteiger partial charge in [-0.1, -0.05) is 12.1 Å². The third-order valence-electron chi connectivity index (χ3n) is 4.15. The van der Waals surface area contributed by atoms with E-state index in [4.69, 9.17) is 4.74 Å². The summed E-state index contributed by atoms with van der Waals surface area (Å²) in [6, 6.07) is 3.98. The summed E-state index contributed by atoms with van der Waals surface area (Å²) in [5, 5.41) is 13.9. The number of alkyl halides is 3. The molecule has 0 amide bonds. The number of H-pyrrole nitrogens is 1. The molecule has 0 bridgehead atoms. The lowest BCUT2D eigenvalue weighted by Gasteiger charge is -2.18. The highest BCUT2D eigenvalue weighted by molar-refractivity contribution is 5.77. The second kappa shape index (κ2) is 7.12. The van der Waals surface area contributed by atoms with Gasteiger partial charge < -0.3 is 14.8 Å². The number of hydrogen-bond acceptors (Lipinski definition) is 5. The van der Waals surface area contributed by atoms with Crippen LogP contribution in [0, 0.1) is 6.92 Å². The first-order valence-electron chi connectivity index (χ1n) is 8.01. The predicted molar refractivity (Wildman–Crippen MR) is 90.3 cm³/mol. The van der Waals surface area contributed by atoms with Crippen molar-refractivity contribution in [2.45, 2.75) is 25.7 Å². The van der Waals surface area contributed by atoms with Gasteiger partial charge in [-0.15, -0.1) is 0 Å². The van der Waals surface area contributed by atoms with E-state index in [1.54, 1.807) is 6.92 Å². The summed E-state index contributed by atoms with van der Waals surface area (Å²) in [4.78, 5) is 19.1. The van der Waals surface area contributed by atoms with Gasteiger partial charge in [0.1, 0.15) is 22.9 Å². The fourth-order valence-corrected chi connectivity index (χ4v) is 2.91. The Bertz CT molecular complexity index is 1010. The number of aliphatic hydroxyl groups excluding tert-OH is 1. The van der Waals surface area contributed by atoms with E-state index >= 15 is 0 Å². The average molecular weight is 382 g/mol. The van der Waals surface area contributed by atoms with Crippen LogP contribution >= 0.6 is 0 Å². The summed E-state index contributed by atoms with van der Waals surface area (Å²) in [6.07, 6.45) is -4.44. The summed E-state index contributed by atoms with van der Waals surface area (Å²) < 4.78 is 45.1. The van der Waals surface area contributed by atoms with E-state index in [1.165, 1.54) is 23.9 Å². The Morgan fingerprint density at radius 3 is 2.52 bits per heavy atom. The number of aromatic amines is 1. The SMILES string of the molecule is COC[C@H](c1ccc(C(F)(F)F)cc1)n1nc(CO)c2c(=O)[nH]c(C)nc21. The van der Waals surface area contributed by atoms with Crippen molar-refractivity contribution in [2.24, 2.45) is 0 Å². The van der Waals surface area contributed by atoms with Crippen molar-refractivity contribution in [1.29, 1.82) is 0 Å². The number of nitrogens with zero attached hydrogens (tertiary/aromatic N) is 3. The molecule has 144 valence electrons. The zero-order chi connectivity index (χ0) is 19.8. The number of hydrogen-bond donors (Lipinski definition) is 2. The lowest BCUT2D eigenvalue weighted by Crippen LogP contribution is -2.19. The minimum absolute atomic E-state index is 0.0839. The molecule has 2 N–H and O–H groups in total. The van der Waals surface area contributed by atoms with Gasteiger partial charge in [0, 0.05) is 7.11 Å². The number of halogens is 3. The van der Waals surface area contributed by atoms with Crippen LogP contribution in [0.5, 0.6) is 0 Å². The maximum atomic E-state index is 12.8. The molecule has 1 aromatic carbocycles. The molecule has 0 saturated carbocycles. The van der Waals surface area contributed by atoms with Crippen LogP contribution in [0.1, 0.15) is 28.7 Å². The number of aliphatic hydroxyl groups is 1. The molecule has 3 rings (SSSR count). The van der Waals surface area contributed by atoms with E-state index < -0.39 is 29.9 Å². The second-order valence-corrected chi connectivity index (χ2v) is 5.99. The highest BCUT2D eigenvalue weighted by Crippen LogP contribution is 2.31. The molecular formula is C17H17F3N4O3. The van der Waals surface area contributed by atoms with Gasteiger partial charge in [-0.2, -0.15) is 18.3 Å². The van der Waals surface area contributed by atoms with Crippen molar-refractivity contribution in [3.05, 3.63) is 57.3 Å². The first kappa shape index (κ1) is 19.1. The summed E-state index contributed by atoms with van der Waals surface area (Å²) in [6.45, 7) is 1.20. The normalized spacial score (nSPS) is 13.3. The van der Waals surface area contributed by atoms with Crippen LogP contribution in [0.25, 0.3) is 11.0 Å². The molecule has 7 nitrogen and oxygen atoms in total. The van der Waals surface area contributed by atoms with Crippen LogP contribution in [0.4, 0.5) is 13.2 Å². The molecule has 0 spiro atoms. The lowest BCUT2D eigenvalue weighted by atomic mass is 10.1. The lowest BCUT2D eigenvalue weighted by molar-refractivity contribution is -0.137. The fourth-order valence-electron chi connectivity index (χ4n) is 2.91. The number of methoxy groups -OCH3 is 1.